The molecule has 4 N–H and O–H groups in total. The number of nitrogens with two attached hydrogens (primary N) is 2. The molecule has 0 aliphatic carbocycles. The molecular weight excluding hydrogens is 258 g/mol. The standard InChI is InChI=1S/C13H21N5O2/c1-12(2,3)20-11(19)18-8-13(9-18,4-5-14)17-7-10(16)6-15/h6-7H,4,8-9,15-16H2,1-3H3. The highest BCUT2D eigenvalue weighted by Gasteiger charge is 2.46. The number of carbonyl (C=O) groups excluding carboxylic acids is 1. The summed E-state index contributed by atoms with van der Waals surface area (Å²) >= 11 is 0. The van der Waals surface area contributed by atoms with Crippen LogP contribution in [0.4, 0.5) is 4.79 Å². The van der Waals surface area contributed by atoms with Crippen LogP contribution in [0.1, 0.15) is 27.2 Å². The van der Waals surface area contributed by atoms with Crippen LogP contribution in [0.5, 0.6) is 0 Å². The van der Waals surface area contributed by atoms with Gasteiger partial charge < -0.3 is 21.1 Å². The fraction of sp³-hybridized carbons (Fsp3) is 0.615. The van der Waals surface area contributed by atoms with E-state index in [0.717, 1.165) is 0 Å². The van der Waals surface area contributed by atoms with E-state index < -0.39 is 17.2 Å². The first-order valence-electron chi connectivity index (χ1n) is 6.29. The van der Waals surface area contributed by atoms with Gasteiger partial charge in [-0.1, -0.05) is 0 Å². The van der Waals surface area contributed by atoms with Gasteiger partial charge in [-0.15, -0.1) is 0 Å². The molecule has 110 valence electrons. The molecule has 7 heteroatoms. The predicted octanol–water partition coefficient (Wildman–Crippen LogP) is 0.719. The molecule has 0 bridgehead atoms. The Morgan fingerprint density at radius 2 is 2.15 bits per heavy atom. The second-order valence-electron chi connectivity index (χ2n) is 5.82. The van der Waals surface area contributed by atoms with Gasteiger partial charge in [-0.25, -0.2) is 4.79 Å². The molecule has 1 rings (SSSR count). The molecule has 1 aliphatic heterocycles. The summed E-state index contributed by atoms with van der Waals surface area (Å²) in [5.41, 5.74) is 9.95. The maximum atomic E-state index is 11.8. The summed E-state index contributed by atoms with van der Waals surface area (Å²) < 4.78 is 5.26. The van der Waals surface area contributed by atoms with Gasteiger partial charge in [-0.2, -0.15) is 5.26 Å². The lowest BCUT2D eigenvalue weighted by Gasteiger charge is -2.46. The predicted molar refractivity (Wildman–Crippen MR) is 75.7 cm³/mol. The van der Waals surface area contributed by atoms with Crippen LogP contribution in [0.15, 0.2) is 16.9 Å². The summed E-state index contributed by atoms with van der Waals surface area (Å²) in [4.78, 5) is 17.6. The summed E-state index contributed by atoms with van der Waals surface area (Å²) in [5, 5.41) is 8.87. The SMILES string of the molecule is CC(C)(C)OC(=O)N1CC(CC#N)(N=CC(N)=CN)C1. The molecule has 0 atom stereocenters. The van der Waals surface area contributed by atoms with E-state index >= 15 is 0 Å². The van der Waals surface area contributed by atoms with E-state index in [2.05, 4.69) is 11.1 Å². The Hall–Kier alpha value is -2.23. The number of aliphatic imine (C=N–C) groups is 1. The van der Waals surface area contributed by atoms with Crippen molar-refractivity contribution < 1.29 is 9.53 Å². The zero-order valence-electron chi connectivity index (χ0n) is 12.1. The Kier molecular flexibility index (Phi) is 4.61. The molecule has 1 heterocycles. The third-order valence-electron chi connectivity index (χ3n) is 2.71. The number of nitriles is 1. The van der Waals surface area contributed by atoms with E-state index in [9.17, 15) is 4.79 Å². The number of allylic oxidation sites excluding steroid dienone is 1. The number of amides is 1. The molecule has 1 amide bonds. The molecule has 0 unspecified atom stereocenters. The molecule has 0 aromatic heterocycles. The number of carbonyl (C=O) groups is 1. The van der Waals surface area contributed by atoms with Crippen molar-refractivity contribution in [1.82, 2.24) is 4.90 Å². The summed E-state index contributed by atoms with van der Waals surface area (Å²) in [6.45, 7) is 6.09. The van der Waals surface area contributed by atoms with Crippen molar-refractivity contribution in [3.8, 4) is 6.07 Å². The van der Waals surface area contributed by atoms with Gasteiger partial charge in [0.15, 0.2) is 0 Å². The van der Waals surface area contributed by atoms with Crippen LogP contribution in [0.25, 0.3) is 0 Å². The minimum Gasteiger partial charge on any atom is -0.444 e. The monoisotopic (exact) mass is 279 g/mol. The van der Waals surface area contributed by atoms with Crippen molar-refractivity contribution in [2.45, 2.75) is 38.3 Å². The fourth-order valence-corrected chi connectivity index (χ4v) is 1.76. The minimum absolute atomic E-state index is 0.209. The van der Waals surface area contributed by atoms with Gasteiger partial charge in [0.25, 0.3) is 0 Å². The number of hydrogen-bond donors (Lipinski definition) is 2. The average molecular weight is 279 g/mol. The third kappa shape index (κ3) is 4.16. The van der Waals surface area contributed by atoms with Crippen molar-refractivity contribution in [2.24, 2.45) is 16.5 Å². The van der Waals surface area contributed by atoms with Gasteiger partial charge in [-0.05, 0) is 20.8 Å². The lowest BCUT2D eigenvalue weighted by molar-refractivity contribution is -0.00649. The van der Waals surface area contributed by atoms with Gasteiger partial charge in [-0.3, -0.25) is 4.99 Å². The second-order valence-corrected chi connectivity index (χ2v) is 5.82. The number of ether oxygens (including phenoxy) is 1. The highest BCUT2D eigenvalue weighted by molar-refractivity contribution is 5.78. The van der Waals surface area contributed by atoms with Crippen LogP contribution >= 0.6 is 0 Å². The lowest BCUT2D eigenvalue weighted by atomic mass is 9.88. The van der Waals surface area contributed by atoms with Gasteiger partial charge in [0.05, 0.1) is 31.3 Å². The van der Waals surface area contributed by atoms with Gasteiger partial charge in [0.1, 0.15) is 11.1 Å². The molecule has 20 heavy (non-hydrogen) atoms. The van der Waals surface area contributed by atoms with E-state index in [1.807, 2.05) is 0 Å². The van der Waals surface area contributed by atoms with Crippen LogP contribution in [-0.2, 0) is 4.74 Å². The minimum atomic E-state index is -0.612. The van der Waals surface area contributed by atoms with Crippen LogP contribution in [0.2, 0.25) is 0 Å². The Labute approximate surface area is 118 Å². The van der Waals surface area contributed by atoms with Crippen molar-refractivity contribution >= 4 is 12.3 Å². The Morgan fingerprint density at radius 1 is 1.55 bits per heavy atom. The second kappa shape index (κ2) is 5.82. The Bertz CT molecular complexity index is 464. The maximum absolute atomic E-state index is 11.8. The summed E-state index contributed by atoms with van der Waals surface area (Å²) in [7, 11) is 0. The third-order valence-corrected chi connectivity index (χ3v) is 2.71. The first-order chi connectivity index (χ1) is 9.21. The summed E-state index contributed by atoms with van der Waals surface area (Å²) in [6.07, 6.45) is 2.46. The van der Waals surface area contributed by atoms with Crippen LogP contribution in [0.3, 0.4) is 0 Å². The Balaban J connectivity index is 2.66. The largest absolute Gasteiger partial charge is 0.444 e. The molecular formula is C13H21N5O2. The van der Waals surface area contributed by atoms with Crippen molar-refractivity contribution in [3.05, 3.63) is 11.9 Å². The molecule has 0 saturated carbocycles. The zero-order valence-corrected chi connectivity index (χ0v) is 12.1. The van der Waals surface area contributed by atoms with Gasteiger partial charge >= 0.3 is 6.09 Å². The van der Waals surface area contributed by atoms with Crippen LogP contribution in [-0.4, -0.2) is 41.4 Å². The van der Waals surface area contributed by atoms with Gasteiger partial charge in [0, 0.05) is 12.4 Å². The molecule has 0 aromatic rings. The Morgan fingerprint density at radius 3 is 2.60 bits per heavy atom. The molecule has 0 radical (unpaired) electrons. The zero-order chi connectivity index (χ0) is 15.4. The van der Waals surface area contributed by atoms with E-state index in [0.29, 0.717) is 18.8 Å². The molecule has 1 aliphatic rings. The smallest absolute Gasteiger partial charge is 0.410 e. The molecule has 1 saturated heterocycles. The van der Waals surface area contributed by atoms with E-state index in [1.165, 1.54) is 17.3 Å². The summed E-state index contributed by atoms with van der Waals surface area (Å²) in [5.74, 6) is 0. The number of likely N-dealkylation sites (tertiary alicyclic amines) is 1. The number of rotatable bonds is 3. The van der Waals surface area contributed by atoms with E-state index in [4.69, 9.17) is 21.5 Å². The first-order valence-corrected chi connectivity index (χ1v) is 6.29. The molecule has 0 spiro atoms. The van der Waals surface area contributed by atoms with Crippen molar-refractivity contribution in [1.29, 1.82) is 5.26 Å². The van der Waals surface area contributed by atoms with E-state index in [-0.39, 0.29) is 6.42 Å². The lowest BCUT2D eigenvalue weighted by Crippen LogP contribution is -2.63. The average Bonchev–Trinajstić information content (AvgIpc) is 2.28. The number of hydrogen-bond acceptors (Lipinski definition) is 6. The molecule has 1 fully saturated rings. The van der Waals surface area contributed by atoms with Crippen molar-refractivity contribution in [2.75, 3.05) is 13.1 Å². The maximum Gasteiger partial charge on any atom is 0.410 e. The molecule has 7 nitrogen and oxygen atoms in total. The normalized spacial score (nSPS) is 18.5. The topological polar surface area (TPSA) is 118 Å². The summed E-state index contributed by atoms with van der Waals surface area (Å²) in [6, 6.07) is 2.08. The van der Waals surface area contributed by atoms with Crippen molar-refractivity contribution in [3.63, 3.8) is 0 Å². The number of nitrogens with zero attached hydrogens (tertiary/aromatic N) is 3. The highest BCUT2D eigenvalue weighted by Crippen LogP contribution is 2.30. The highest BCUT2D eigenvalue weighted by atomic mass is 16.6. The van der Waals surface area contributed by atoms with Gasteiger partial charge in [0.2, 0.25) is 0 Å². The van der Waals surface area contributed by atoms with Crippen LogP contribution in [0, 0.1) is 11.3 Å². The fourth-order valence-electron chi connectivity index (χ4n) is 1.76. The van der Waals surface area contributed by atoms with E-state index in [1.54, 1.807) is 20.8 Å². The molecule has 0 aromatic carbocycles. The van der Waals surface area contributed by atoms with Crippen LogP contribution < -0.4 is 11.5 Å². The quantitative estimate of drug-likeness (QED) is 0.738. The first kappa shape index (κ1) is 15.8.